The molecule has 0 aliphatic rings. The summed E-state index contributed by atoms with van der Waals surface area (Å²) in [5, 5.41) is 0.662. The van der Waals surface area contributed by atoms with Crippen LogP contribution in [0.2, 0.25) is 5.02 Å². The number of fused-ring (bicyclic) bond motifs is 1. The molecule has 96 valence electrons. The fourth-order valence-electron chi connectivity index (χ4n) is 1.98. The maximum atomic E-state index is 11.8. The zero-order chi connectivity index (χ0) is 13.4. The van der Waals surface area contributed by atoms with Gasteiger partial charge in [0.25, 0.3) is 11.2 Å². The van der Waals surface area contributed by atoms with Crippen LogP contribution in [0.1, 0.15) is 5.56 Å². The van der Waals surface area contributed by atoms with Gasteiger partial charge in [0.1, 0.15) is 6.54 Å². The number of hydrogen-bond donors (Lipinski definition) is 3. The average molecular weight is 278 g/mol. The Morgan fingerprint density at radius 3 is 2.58 bits per heavy atom. The van der Waals surface area contributed by atoms with E-state index in [-0.39, 0.29) is 0 Å². The monoisotopic (exact) mass is 277 g/mol. The first-order chi connectivity index (χ1) is 9.13. The average Bonchev–Trinajstić information content (AvgIpc) is 2.75. The van der Waals surface area contributed by atoms with Gasteiger partial charge in [-0.2, -0.15) is 0 Å². The van der Waals surface area contributed by atoms with Crippen LogP contribution in [0.5, 0.6) is 0 Å². The summed E-state index contributed by atoms with van der Waals surface area (Å²) in [7, 11) is 0. The van der Waals surface area contributed by atoms with Crippen LogP contribution in [0, 0.1) is 0 Å². The zero-order valence-electron chi connectivity index (χ0n) is 9.74. The number of H-pyrrole nitrogens is 3. The fourth-order valence-corrected chi connectivity index (χ4v) is 2.10. The molecule has 1 aromatic carbocycles. The van der Waals surface area contributed by atoms with Gasteiger partial charge in [-0.05, 0) is 17.7 Å². The van der Waals surface area contributed by atoms with Crippen LogP contribution in [-0.2, 0) is 6.54 Å². The van der Waals surface area contributed by atoms with Crippen molar-refractivity contribution in [3.8, 4) is 0 Å². The van der Waals surface area contributed by atoms with Crippen molar-refractivity contribution in [1.82, 2.24) is 15.0 Å². The normalized spacial score (nSPS) is 11.0. The number of benzene rings is 1. The van der Waals surface area contributed by atoms with Gasteiger partial charge in [-0.1, -0.05) is 23.7 Å². The molecule has 2 heterocycles. The molecule has 0 saturated heterocycles. The second kappa shape index (κ2) is 4.40. The Bertz CT molecular complexity index is 845. The third kappa shape index (κ3) is 2.17. The third-order valence-corrected chi connectivity index (χ3v) is 3.09. The van der Waals surface area contributed by atoms with E-state index >= 15 is 0 Å². The lowest BCUT2D eigenvalue weighted by molar-refractivity contribution is -0.662. The molecule has 6 nitrogen and oxygen atoms in total. The first kappa shape index (κ1) is 11.7. The molecular weight excluding hydrogens is 268 g/mol. The van der Waals surface area contributed by atoms with Crippen molar-refractivity contribution in [2.24, 2.45) is 0 Å². The summed E-state index contributed by atoms with van der Waals surface area (Å²) in [6.07, 6.45) is 1.64. The number of imidazole rings is 1. The number of rotatable bonds is 2. The molecule has 0 aliphatic carbocycles. The van der Waals surface area contributed by atoms with E-state index in [1.165, 1.54) is 0 Å². The summed E-state index contributed by atoms with van der Waals surface area (Å²) >= 11 is 5.82. The fraction of sp³-hybridized carbons (Fsp3) is 0.0833. The minimum atomic E-state index is -0.530. The van der Waals surface area contributed by atoms with Crippen molar-refractivity contribution >= 4 is 22.8 Å². The van der Waals surface area contributed by atoms with E-state index in [1.807, 2.05) is 12.1 Å². The molecule has 3 aromatic rings. The molecule has 3 rings (SSSR count). The van der Waals surface area contributed by atoms with Crippen LogP contribution in [0.25, 0.3) is 11.2 Å². The maximum absolute atomic E-state index is 11.8. The van der Waals surface area contributed by atoms with Crippen LogP contribution < -0.4 is 15.8 Å². The van der Waals surface area contributed by atoms with Gasteiger partial charge in [0.2, 0.25) is 6.33 Å². The molecule has 0 saturated carbocycles. The van der Waals surface area contributed by atoms with Crippen molar-refractivity contribution in [2.45, 2.75) is 6.54 Å². The maximum Gasteiger partial charge on any atom is 0.329 e. The van der Waals surface area contributed by atoms with E-state index in [0.717, 1.165) is 5.56 Å². The summed E-state index contributed by atoms with van der Waals surface area (Å²) in [4.78, 5) is 30.5. The van der Waals surface area contributed by atoms with Gasteiger partial charge in [-0.3, -0.25) is 14.8 Å². The highest BCUT2D eigenvalue weighted by Crippen LogP contribution is 2.09. The highest BCUT2D eigenvalue weighted by molar-refractivity contribution is 6.30. The van der Waals surface area contributed by atoms with Crippen LogP contribution in [-0.4, -0.2) is 15.0 Å². The van der Waals surface area contributed by atoms with Crippen LogP contribution >= 0.6 is 11.6 Å². The van der Waals surface area contributed by atoms with E-state index in [0.29, 0.717) is 22.7 Å². The lowest BCUT2D eigenvalue weighted by Gasteiger charge is -1.98. The molecular formula is C12H10ClN4O2+. The Labute approximate surface area is 111 Å². The molecule has 7 heteroatoms. The quantitative estimate of drug-likeness (QED) is 0.597. The molecule has 0 unspecified atom stereocenters. The topological polar surface area (TPSA) is 85.4 Å². The van der Waals surface area contributed by atoms with Crippen molar-refractivity contribution in [3.05, 3.63) is 62.0 Å². The Kier molecular flexibility index (Phi) is 2.72. The smallest absolute Gasteiger partial charge is 0.271 e. The van der Waals surface area contributed by atoms with Gasteiger partial charge in [0.15, 0.2) is 0 Å². The molecule has 0 fully saturated rings. The van der Waals surface area contributed by atoms with Crippen LogP contribution in [0.3, 0.4) is 0 Å². The number of nitrogens with one attached hydrogen (secondary N) is 3. The largest absolute Gasteiger partial charge is 0.329 e. The van der Waals surface area contributed by atoms with E-state index in [1.54, 1.807) is 23.0 Å². The van der Waals surface area contributed by atoms with E-state index in [2.05, 4.69) is 15.0 Å². The standard InChI is InChI=1S/C12H9ClN4O2/c13-8-3-1-7(2-4-8)5-17-6-14-10-9(17)11(18)16-12(19)15-10/h1-4,6H,5H2,(H2,15,16,18,19)/p+1. The number of hydrogen-bond acceptors (Lipinski definition) is 2. The van der Waals surface area contributed by atoms with Crippen molar-refractivity contribution in [2.75, 3.05) is 0 Å². The van der Waals surface area contributed by atoms with Crippen LogP contribution in [0.15, 0.2) is 40.2 Å². The SMILES string of the molecule is O=c1[nH]c(=O)c2c([nH]c[n+]2Cc2ccc(Cl)cc2)[nH]1. The predicted molar refractivity (Wildman–Crippen MR) is 70.3 cm³/mol. The first-order valence-electron chi connectivity index (χ1n) is 5.61. The van der Waals surface area contributed by atoms with Gasteiger partial charge in [0, 0.05) is 5.02 Å². The summed E-state index contributed by atoms with van der Waals surface area (Å²) in [6.45, 7) is 0.506. The van der Waals surface area contributed by atoms with Crippen molar-refractivity contribution < 1.29 is 4.57 Å². The number of aromatic amines is 3. The Morgan fingerprint density at radius 2 is 1.84 bits per heavy atom. The second-order valence-corrected chi connectivity index (χ2v) is 4.60. The molecule has 2 aromatic heterocycles. The highest BCUT2D eigenvalue weighted by Gasteiger charge is 2.15. The molecule has 3 N–H and O–H groups in total. The first-order valence-corrected chi connectivity index (χ1v) is 5.99. The summed E-state index contributed by atoms with van der Waals surface area (Å²) < 4.78 is 1.73. The van der Waals surface area contributed by atoms with E-state index in [4.69, 9.17) is 11.6 Å². The Morgan fingerprint density at radius 1 is 1.11 bits per heavy atom. The number of aromatic nitrogens is 4. The lowest BCUT2D eigenvalue weighted by Crippen LogP contribution is -2.38. The summed E-state index contributed by atoms with van der Waals surface area (Å²) in [5.41, 5.74) is 0.852. The molecule has 0 spiro atoms. The number of nitrogens with zero attached hydrogens (tertiary/aromatic N) is 1. The van der Waals surface area contributed by atoms with Gasteiger partial charge in [-0.15, -0.1) is 0 Å². The minimum Gasteiger partial charge on any atom is -0.271 e. The molecule has 0 bridgehead atoms. The minimum absolute atomic E-state index is 0.398. The molecule has 0 aliphatic heterocycles. The Hall–Kier alpha value is -2.34. The zero-order valence-corrected chi connectivity index (χ0v) is 10.5. The highest BCUT2D eigenvalue weighted by atomic mass is 35.5. The summed E-state index contributed by atoms with van der Waals surface area (Å²) in [6, 6.07) is 7.35. The molecule has 0 amide bonds. The van der Waals surface area contributed by atoms with Crippen molar-refractivity contribution in [1.29, 1.82) is 0 Å². The Balaban J connectivity index is 2.09. The van der Waals surface area contributed by atoms with Crippen molar-refractivity contribution in [3.63, 3.8) is 0 Å². The summed E-state index contributed by atoms with van der Waals surface area (Å²) in [5.74, 6) is 0. The third-order valence-electron chi connectivity index (χ3n) is 2.84. The molecule has 19 heavy (non-hydrogen) atoms. The van der Waals surface area contributed by atoms with Gasteiger partial charge in [0.05, 0.1) is 0 Å². The van der Waals surface area contributed by atoms with Gasteiger partial charge < -0.3 is 0 Å². The predicted octanol–water partition coefficient (Wildman–Crippen LogP) is 0.534. The van der Waals surface area contributed by atoms with E-state index in [9.17, 15) is 9.59 Å². The van der Waals surface area contributed by atoms with Gasteiger partial charge in [-0.25, -0.2) is 14.3 Å². The second-order valence-electron chi connectivity index (χ2n) is 4.16. The van der Waals surface area contributed by atoms with Crippen LogP contribution in [0.4, 0.5) is 0 Å². The lowest BCUT2D eigenvalue weighted by atomic mass is 10.2. The van der Waals surface area contributed by atoms with E-state index < -0.39 is 11.2 Å². The van der Waals surface area contributed by atoms with Gasteiger partial charge >= 0.3 is 11.2 Å². The molecule has 0 atom stereocenters. The molecule has 0 radical (unpaired) electrons. The number of halogens is 1.